The molecule has 226 valence electrons. The molecule has 1 aliphatic heterocycles. The molecule has 2 aromatic carbocycles. The van der Waals surface area contributed by atoms with E-state index in [1.165, 1.54) is 10.4 Å². The lowest BCUT2D eigenvalue weighted by molar-refractivity contribution is -0.127. The molecule has 1 N–H and O–H groups in total. The van der Waals surface area contributed by atoms with Gasteiger partial charge in [-0.05, 0) is 101 Å². The molecule has 1 amide bonds. The van der Waals surface area contributed by atoms with Gasteiger partial charge < -0.3 is 15.0 Å². The summed E-state index contributed by atoms with van der Waals surface area (Å²) >= 11 is 0. The standard InChI is InChI=1S/C32H46FN3O4S/c1-22-17-23(2)32(24(3)18-22)41(38,39)36-16-14-29(20-36)40-21-30(37)34-15-13-25-9-11-26(12-10-25)31(35(4)5)27-7-6-8-28(33)19-27/h6-8,17-19,25-26,29,31H,9-16,20-21H2,1-5H3,(H,34,37). The summed E-state index contributed by atoms with van der Waals surface area (Å²) in [4.78, 5) is 15.0. The summed E-state index contributed by atoms with van der Waals surface area (Å²) in [6.45, 7) is 6.82. The third-order valence-corrected chi connectivity index (χ3v) is 10.9. The maximum absolute atomic E-state index is 13.8. The first-order valence-corrected chi connectivity index (χ1v) is 16.3. The molecule has 2 fully saturated rings. The first-order valence-electron chi connectivity index (χ1n) is 14.8. The minimum absolute atomic E-state index is 0.0635. The molecule has 0 aromatic heterocycles. The summed E-state index contributed by atoms with van der Waals surface area (Å²) in [7, 11) is 0.512. The Morgan fingerprint density at radius 1 is 1.07 bits per heavy atom. The van der Waals surface area contributed by atoms with Crippen LogP contribution in [0.25, 0.3) is 0 Å². The molecule has 1 saturated heterocycles. The number of hydrogen-bond acceptors (Lipinski definition) is 5. The highest BCUT2D eigenvalue weighted by Crippen LogP contribution is 2.40. The molecule has 1 heterocycles. The Balaban J connectivity index is 1.17. The van der Waals surface area contributed by atoms with Crippen LogP contribution in [0, 0.1) is 38.4 Å². The molecule has 1 saturated carbocycles. The van der Waals surface area contributed by atoms with Crippen molar-refractivity contribution < 1.29 is 22.3 Å². The average molecular weight is 588 g/mol. The van der Waals surface area contributed by atoms with Gasteiger partial charge in [-0.1, -0.05) is 42.7 Å². The highest BCUT2D eigenvalue weighted by Gasteiger charge is 2.35. The second-order valence-corrected chi connectivity index (χ2v) is 14.1. The maximum Gasteiger partial charge on any atom is 0.246 e. The molecule has 2 atom stereocenters. The smallest absolute Gasteiger partial charge is 0.246 e. The zero-order valence-corrected chi connectivity index (χ0v) is 26.0. The Morgan fingerprint density at radius 3 is 2.39 bits per heavy atom. The van der Waals surface area contributed by atoms with Gasteiger partial charge in [-0.15, -0.1) is 0 Å². The van der Waals surface area contributed by atoms with Crippen molar-refractivity contribution in [3.63, 3.8) is 0 Å². The van der Waals surface area contributed by atoms with Gasteiger partial charge in [0, 0.05) is 25.7 Å². The van der Waals surface area contributed by atoms with Crippen molar-refractivity contribution >= 4 is 15.9 Å². The summed E-state index contributed by atoms with van der Waals surface area (Å²) in [6.07, 6.45) is 5.58. The van der Waals surface area contributed by atoms with Gasteiger partial charge in [0.05, 0.1) is 11.0 Å². The fraction of sp³-hybridized carbons (Fsp3) is 0.594. The van der Waals surface area contributed by atoms with Crippen LogP contribution >= 0.6 is 0 Å². The topological polar surface area (TPSA) is 78.9 Å². The van der Waals surface area contributed by atoms with Crippen molar-refractivity contribution in [2.24, 2.45) is 11.8 Å². The fourth-order valence-electron chi connectivity index (χ4n) is 6.89. The number of halogens is 1. The Bertz CT molecular complexity index is 1280. The minimum atomic E-state index is -3.61. The van der Waals surface area contributed by atoms with E-state index >= 15 is 0 Å². The van der Waals surface area contributed by atoms with E-state index < -0.39 is 10.0 Å². The Morgan fingerprint density at radius 2 is 1.76 bits per heavy atom. The molecule has 2 unspecified atom stereocenters. The van der Waals surface area contributed by atoms with E-state index in [2.05, 4.69) is 24.3 Å². The number of nitrogens with one attached hydrogen (secondary N) is 1. The first-order chi connectivity index (χ1) is 19.5. The minimum Gasteiger partial charge on any atom is -0.367 e. The predicted octanol–water partition coefficient (Wildman–Crippen LogP) is 5.15. The van der Waals surface area contributed by atoms with Gasteiger partial charge in [-0.2, -0.15) is 4.31 Å². The lowest BCUT2D eigenvalue weighted by atomic mass is 9.75. The van der Waals surface area contributed by atoms with Crippen LogP contribution in [0.5, 0.6) is 0 Å². The van der Waals surface area contributed by atoms with E-state index in [0.717, 1.165) is 54.4 Å². The van der Waals surface area contributed by atoms with Crippen LogP contribution in [0.2, 0.25) is 0 Å². The molecular formula is C32H46FN3O4S. The Labute approximate surface area is 245 Å². The van der Waals surface area contributed by atoms with E-state index in [1.807, 2.05) is 39.0 Å². The molecule has 7 nitrogen and oxygen atoms in total. The van der Waals surface area contributed by atoms with Crippen LogP contribution in [0.4, 0.5) is 4.39 Å². The van der Waals surface area contributed by atoms with Crippen LogP contribution in [0.15, 0.2) is 41.3 Å². The van der Waals surface area contributed by atoms with Crippen molar-refractivity contribution in [1.82, 2.24) is 14.5 Å². The lowest BCUT2D eigenvalue weighted by Gasteiger charge is -2.37. The molecular weight excluding hydrogens is 541 g/mol. The molecule has 4 rings (SSSR count). The highest BCUT2D eigenvalue weighted by molar-refractivity contribution is 7.89. The van der Waals surface area contributed by atoms with Crippen molar-refractivity contribution in [3.05, 3.63) is 64.5 Å². The summed E-state index contributed by atoms with van der Waals surface area (Å²) in [5, 5.41) is 2.98. The SMILES string of the molecule is Cc1cc(C)c(S(=O)(=O)N2CCC(OCC(=O)NCCC3CCC(C(c4cccc(F)c4)N(C)C)CC3)C2)c(C)c1. The summed E-state index contributed by atoms with van der Waals surface area (Å²) in [5.74, 6) is 0.694. The van der Waals surface area contributed by atoms with Gasteiger partial charge >= 0.3 is 0 Å². The number of ether oxygens (including phenoxy) is 1. The average Bonchev–Trinajstić information content (AvgIpc) is 3.38. The van der Waals surface area contributed by atoms with Crippen LogP contribution in [-0.4, -0.2) is 70.0 Å². The molecule has 0 radical (unpaired) electrons. The van der Waals surface area contributed by atoms with E-state index in [4.69, 9.17) is 4.74 Å². The van der Waals surface area contributed by atoms with Gasteiger partial charge in [0.15, 0.2) is 0 Å². The quantitative estimate of drug-likeness (QED) is 0.394. The zero-order valence-electron chi connectivity index (χ0n) is 25.2. The molecule has 2 aliphatic rings. The van der Waals surface area contributed by atoms with Gasteiger partial charge in [0.2, 0.25) is 15.9 Å². The fourth-order valence-corrected chi connectivity index (χ4v) is 8.79. The van der Waals surface area contributed by atoms with Crippen molar-refractivity contribution in [2.45, 2.75) is 76.3 Å². The third-order valence-electron chi connectivity index (χ3n) is 8.72. The normalized spacial score (nSPS) is 22.7. The first kappa shape index (κ1) is 31.6. The largest absolute Gasteiger partial charge is 0.367 e. The molecule has 2 aromatic rings. The van der Waals surface area contributed by atoms with E-state index in [9.17, 15) is 17.6 Å². The number of aryl methyl sites for hydroxylation is 3. The maximum atomic E-state index is 13.8. The number of benzene rings is 2. The highest BCUT2D eigenvalue weighted by atomic mass is 32.2. The second kappa shape index (κ2) is 13.8. The Kier molecular flexibility index (Phi) is 10.6. The Hall–Kier alpha value is -2.33. The van der Waals surface area contributed by atoms with Crippen LogP contribution in [0.1, 0.15) is 66.8 Å². The van der Waals surface area contributed by atoms with Gasteiger partial charge in [-0.3, -0.25) is 4.79 Å². The van der Waals surface area contributed by atoms with Gasteiger partial charge in [0.1, 0.15) is 12.4 Å². The summed E-state index contributed by atoms with van der Waals surface area (Å²) in [5.41, 5.74) is 3.58. The van der Waals surface area contributed by atoms with E-state index in [1.54, 1.807) is 12.1 Å². The molecule has 1 aliphatic carbocycles. The summed E-state index contributed by atoms with van der Waals surface area (Å²) < 4.78 is 47.8. The van der Waals surface area contributed by atoms with Crippen LogP contribution < -0.4 is 5.32 Å². The van der Waals surface area contributed by atoms with E-state index in [0.29, 0.717) is 36.2 Å². The lowest BCUT2D eigenvalue weighted by Crippen LogP contribution is -2.34. The predicted molar refractivity (Wildman–Crippen MR) is 160 cm³/mol. The number of amides is 1. The van der Waals surface area contributed by atoms with Crippen molar-refractivity contribution in [1.29, 1.82) is 0 Å². The summed E-state index contributed by atoms with van der Waals surface area (Å²) in [6, 6.07) is 11.0. The van der Waals surface area contributed by atoms with Crippen molar-refractivity contribution in [3.8, 4) is 0 Å². The number of sulfonamides is 1. The van der Waals surface area contributed by atoms with Gasteiger partial charge in [0.25, 0.3) is 0 Å². The number of carbonyl (C=O) groups is 1. The number of carbonyl (C=O) groups excluding carboxylic acids is 1. The van der Waals surface area contributed by atoms with Crippen molar-refractivity contribution in [2.75, 3.05) is 40.3 Å². The monoisotopic (exact) mass is 587 g/mol. The second-order valence-electron chi connectivity index (χ2n) is 12.2. The molecule has 0 spiro atoms. The molecule has 0 bridgehead atoms. The van der Waals surface area contributed by atoms with Gasteiger partial charge in [-0.25, -0.2) is 12.8 Å². The van der Waals surface area contributed by atoms with E-state index in [-0.39, 0.29) is 37.0 Å². The molecule has 41 heavy (non-hydrogen) atoms. The number of rotatable bonds is 11. The zero-order chi connectivity index (χ0) is 29.7. The number of nitrogens with zero attached hydrogens (tertiary/aromatic N) is 2. The van der Waals surface area contributed by atoms with Crippen LogP contribution in [-0.2, 0) is 19.6 Å². The molecule has 9 heteroatoms. The third kappa shape index (κ3) is 7.95. The van der Waals surface area contributed by atoms with Crippen LogP contribution in [0.3, 0.4) is 0 Å². The number of hydrogen-bond donors (Lipinski definition) is 1.